The van der Waals surface area contributed by atoms with Crippen LogP contribution >= 0.6 is 11.3 Å². The van der Waals surface area contributed by atoms with E-state index in [0.29, 0.717) is 22.4 Å². The fourth-order valence-corrected chi connectivity index (χ4v) is 4.08. The minimum atomic E-state index is -0.243. The second kappa shape index (κ2) is 9.30. The van der Waals surface area contributed by atoms with Gasteiger partial charge in [0, 0.05) is 41.8 Å². The highest BCUT2D eigenvalue weighted by atomic mass is 32.1. The first-order valence-corrected chi connectivity index (χ1v) is 11.1. The van der Waals surface area contributed by atoms with Crippen LogP contribution in [-0.4, -0.2) is 37.7 Å². The van der Waals surface area contributed by atoms with E-state index in [0.717, 1.165) is 23.3 Å². The zero-order chi connectivity index (χ0) is 21.8. The maximum atomic E-state index is 12.3. The Morgan fingerprint density at radius 1 is 1.10 bits per heavy atom. The Hall–Kier alpha value is -3.20. The van der Waals surface area contributed by atoms with E-state index >= 15 is 0 Å². The minimum Gasteiger partial charge on any atom is -0.326 e. The molecular weight excluding hydrogens is 414 g/mol. The number of nitrogens with one attached hydrogen (secondary N) is 1. The molecule has 3 aromatic rings. The number of hydrogen-bond donors (Lipinski definition) is 1. The fraction of sp³-hybridized carbons (Fsp3) is 0.364. The van der Waals surface area contributed by atoms with Crippen molar-refractivity contribution < 1.29 is 14.4 Å². The monoisotopic (exact) mass is 437 g/mol. The van der Waals surface area contributed by atoms with Crippen molar-refractivity contribution in [3.05, 3.63) is 46.2 Å². The van der Waals surface area contributed by atoms with Gasteiger partial charge in [-0.1, -0.05) is 12.1 Å². The average molecular weight is 438 g/mol. The van der Waals surface area contributed by atoms with Crippen LogP contribution < -0.4 is 5.32 Å². The normalized spacial score (nSPS) is 13.2. The number of Topliss-reactive ketones (excluding diaryl/α,β-unsaturated/α-hetero) is 2. The van der Waals surface area contributed by atoms with Crippen LogP contribution in [0.15, 0.2) is 36.4 Å². The number of rotatable bonds is 10. The second-order valence-corrected chi connectivity index (χ2v) is 8.97. The molecule has 0 spiro atoms. The lowest BCUT2D eigenvalue weighted by atomic mass is 10.1. The number of anilines is 1. The number of carbonyl (C=O) groups excluding carboxylic acids is 3. The molecular formula is C22H23N5O3S. The molecule has 4 rings (SSSR count). The number of thiophene rings is 1. The highest BCUT2D eigenvalue weighted by molar-refractivity contribution is 7.14. The van der Waals surface area contributed by atoms with Crippen LogP contribution in [0.2, 0.25) is 0 Å². The summed E-state index contributed by atoms with van der Waals surface area (Å²) in [6, 6.07) is 11.4. The van der Waals surface area contributed by atoms with E-state index in [2.05, 4.69) is 20.8 Å². The van der Waals surface area contributed by atoms with Gasteiger partial charge < -0.3 is 5.32 Å². The van der Waals surface area contributed by atoms with Crippen LogP contribution in [-0.2, 0) is 9.59 Å². The van der Waals surface area contributed by atoms with Crippen molar-refractivity contribution in [2.45, 2.75) is 51.5 Å². The average Bonchev–Trinajstić information content (AvgIpc) is 3.31. The number of tetrazole rings is 1. The molecule has 2 aromatic heterocycles. The molecule has 0 saturated heterocycles. The molecule has 1 aliphatic carbocycles. The zero-order valence-electron chi connectivity index (χ0n) is 17.2. The van der Waals surface area contributed by atoms with Gasteiger partial charge >= 0.3 is 0 Å². The van der Waals surface area contributed by atoms with Crippen LogP contribution in [0.25, 0.3) is 11.4 Å². The Morgan fingerprint density at radius 2 is 1.90 bits per heavy atom. The van der Waals surface area contributed by atoms with Gasteiger partial charge in [0.05, 0.1) is 10.9 Å². The van der Waals surface area contributed by atoms with Gasteiger partial charge in [-0.15, -0.1) is 16.4 Å². The predicted octanol–water partition coefficient (Wildman–Crippen LogP) is 4.00. The molecule has 0 radical (unpaired) electrons. The van der Waals surface area contributed by atoms with Crippen LogP contribution in [0.1, 0.15) is 59.1 Å². The maximum Gasteiger partial charge on any atom is 0.224 e. The van der Waals surface area contributed by atoms with Crippen LogP contribution in [0.4, 0.5) is 5.69 Å². The molecule has 0 unspecified atom stereocenters. The smallest absolute Gasteiger partial charge is 0.224 e. The molecule has 9 heteroatoms. The molecule has 1 fully saturated rings. The lowest BCUT2D eigenvalue weighted by Gasteiger charge is -2.08. The predicted molar refractivity (Wildman–Crippen MR) is 117 cm³/mol. The van der Waals surface area contributed by atoms with E-state index in [4.69, 9.17) is 0 Å². The second-order valence-electron chi connectivity index (χ2n) is 7.68. The van der Waals surface area contributed by atoms with Gasteiger partial charge in [-0.2, -0.15) is 0 Å². The Labute approximate surface area is 183 Å². The van der Waals surface area contributed by atoms with Gasteiger partial charge in [0.25, 0.3) is 0 Å². The maximum absolute atomic E-state index is 12.3. The van der Waals surface area contributed by atoms with Gasteiger partial charge in [0.1, 0.15) is 5.78 Å². The zero-order valence-corrected chi connectivity index (χ0v) is 18.0. The third-order valence-electron chi connectivity index (χ3n) is 5.07. The number of hydrogen-bond acceptors (Lipinski definition) is 7. The van der Waals surface area contributed by atoms with Crippen LogP contribution in [0.5, 0.6) is 0 Å². The summed E-state index contributed by atoms with van der Waals surface area (Å²) in [5, 5.41) is 14.7. The van der Waals surface area contributed by atoms with Crippen LogP contribution in [0.3, 0.4) is 0 Å². The van der Waals surface area contributed by atoms with Gasteiger partial charge in [-0.3, -0.25) is 14.4 Å². The molecule has 8 nitrogen and oxygen atoms in total. The van der Waals surface area contributed by atoms with Crippen molar-refractivity contribution in [1.82, 2.24) is 20.2 Å². The van der Waals surface area contributed by atoms with Gasteiger partial charge in [-0.25, -0.2) is 4.68 Å². The Balaban J connectivity index is 1.25. The van der Waals surface area contributed by atoms with E-state index in [1.54, 1.807) is 12.1 Å². The first-order chi connectivity index (χ1) is 15.0. The summed E-state index contributed by atoms with van der Waals surface area (Å²) in [6.45, 7) is 1.94. The molecule has 1 aliphatic rings. The van der Waals surface area contributed by atoms with Crippen molar-refractivity contribution in [3.63, 3.8) is 0 Å². The molecule has 0 atom stereocenters. The summed E-state index contributed by atoms with van der Waals surface area (Å²) in [7, 11) is 0. The van der Waals surface area contributed by atoms with E-state index in [-0.39, 0.29) is 43.2 Å². The summed E-state index contributed by atoms with van der Waals surface area (Å²) in [4.78, 5) is 38.2. The van der Waals surface area contributed by atoms with Gasteiger partial charge in [-0.05, 0) is 54.5 Å². The number of aryl methyl sites for hydroxylation is 1. The summed E-state index contributed by atoms with van der Waals surface area (Å²) in [6.07, 6.45) is 2.67. The van der Waals surface area contributed by atoms with Gasteiger partial charge in [0.2, 0.25) is 5.91 Å². The molecule has 1 N–H and O–H groups in total. The molecule has 160 valence electrons. The number of carbonyl (C=O) groups is 3. The lowest BCUT2D eigenvalue weighted by Crippen LogP contribution is -2.14. The van der Waals surface area contributed by atoms with Crippen molar-refractivity contribution in [2.75, 3.05) is 5.32 Å². The summed E-state index contributed by atoms with van der Waals surface area (Å²) in [5.74, 6) is 0.322. The number of nitrogens with zero attached hydrogens (tertiary/aromatic N) is 4. The number of aromatic nitrogens is 4. The largest absolute Gasteiger partial charge is 0.326 e. The Kier molecular flexibility index (Phi) is 6.31. The van der Waals surface area contributed by atoms with E-state index < -0.39 is 0 Å². The van der Waals surface area contributed by atoms with Crippen molar-refractivity contribution in [3.8, 4) is 11.4 Å². The fourth-order valence-electron chi connectivity index (χ4n) is 3.25. The van der Waals surface area contributed by atoms with E-state index in [9.17, 15) is 14.4 Å². The first kappa shape index (κ1) is 21.0. The quantitative estimate of drug-likeness (QED) is 0.481. The minimum absolute atomic E-state index is 0.0266. The molecule has 1 saturated carbocycles. The third-order valence-corrected chi connectivity index (χ3v) is 6.11. The third kappa shape index (κ3) is 5.49. The van der Waals surface area contributed by atoms with E-state index in [1.807, 2.05) is 35.9 Å². The molecule has 31 heavy (non-hydrogen) atoms. The van der Waals surface area contributed by atoms with Crippen LogP contribution in [0, 0.1) is 6.92 Å². The Morgan fingerprint density at radius 3 is 2.65 bits per heavy atom. The summed E-state index contributed by atoms with van der Waals surface area (Å²) in [5.41, 5.74) is 1.46. The Bertz CT molecular complexity index is 1120. The molecule has 2 heterocycles. The lowest BCUT2D eigenvalue weighted by molar-refractivity contribution is -0.122. The van der Waals surface area contributed by atoms with Gasteiger partial charge in [0.15, 0.2) is 11.6 Å². The number of ketones is 2. The number of amides is 1. The molecule has 1 aromatic carbocycles. The molecule has 0 bridgehead atoms. The first-order valence-electron chi connectivity index (χ1n) is 10.3. The molecule has 1 amide bonds. The van der Waals surface area contributed by atoms with E-state index in [1.165, 1.54) is 11.3 Å². The molecule has 0 aliphatic heterocycles. The summed E-state index contributed by atoms with van der Waals surface area (Å²) < 4.78 is 1.82. The highest BCUT2D eigenvalue weighted by Crippen LogP contribution is 2.36. The topological polar surface area (TPSA) is 107 Å². The number of benzene rings is 1. The highest BCUT2D eigenvalue weighted by Gasteiger charge is 2.28. The SMILES string of the molecule is Cc1ccc(C(=O)CCC(=O)CCC(=O)Nc2cccc(-c3nnnn3C3CC3)c2)s1. The van der Waals surface area contributed by atoms with Crippen molar-refractivity contribution in [2.24, 2.45) is 0 Å². The summed E-state index contributed by atoms with van der Waals surface area (Å²) >= 11 is 1.43. The van der Waals surface area contributed by atoms with Crippen molar-refractivity contribution in [1.29, 1.82) is 0 Å². The van der Waals surface area contributed by atoms with Crippen molar-refractivity contribution >= 4 is 34.5 Å². The standard InChI is InChI=1S/C22H23N5O3S/c1-14-5-11-20(31-14)19(29)10-8-18(28)9-12-21(30)23-16-4-2-3-15(13-16)22-24-25-26-27(22)17-6-7-17/h2-5,11,13,17H,6-10,12H2,1H3,(H,23,30).